The molecule has 0 bridgehead atoms. The standard InChI is InChI=1S/C21H26O2/c1-12-9-15-16-5-6-19(23)20(16,3)8-7-17(15)21(4)13(2)10-14(22)11-18(12)21/h9-12,16-17H,5-8H2,1-4H3/t12?,16-,17-,20-,21+/m0/s1. The Hall–Kier alpha value is -1.44. The summed E-state index contributed by atoms with van der Waals surface area (Å²) >= 11 is 0. The van der Waals surface area contributed by atoms with Crippen LogP contribution in [0.15, 0.2) is 34.9 Å². The van der Waals surface area contributed by atoms with E-state index < -0.39 is 0 Å². The molecule has 0 spiro atoms. The van der Waals surface area contributed by atoms with Gasteiger partial charge in [0.25, 0.3) is 0 Å². The lowest BCUT2D eigenvalue weighted by molar-refractivity contribution is -0.127. The maximum absolute atomic E-state index is 12.5. The molecule has 0 N–H and O–H groups in total. The van der Waals surface area contributed by atoms with Gasteiger partial charge in [0.15, 0.2) is 5.78 Å². The van der Waals surface area contributed by atoms with Crippen molar-refractivity contribution in [3.63, 3.8) is 0 Å². The molecule has 4 aliphatic rings. The minimum atomic E-state index is -0.137. The molecule has 122 valence electrons. The van der Waals surface area contributed by atoms with Crippen molar-refractivity contribution in [1.29, 1.82) is 0 Å². The molecule has 0 amide bonds. The van der Waals surface area contributed by atoms with Gasteiger partial charge in [-0.05, 0) is 61.7 Å². The Bertz CT molecular complexity index is 707. The van der Waals surface area contributed by atoms with Crippen LogP contribution in [-0.4, -0.2) is 11.6 Å². The van der Waals surface area contributed by atoms with Crippen molar-refractivity contribution in [2.75, 3.05) is 0 Å². The fourth-order valence-corrected chi connectivity index (χ4v) is 6.02. The molecule has 0 aromatic heterocycles. The van der Waals surface area contributed by atoms with Crippen molar-refractivity contribution < 1.29 is 9.59 Å². The zero-order valence-corrected chi connectivity index (χ0v) is 14.6. The topological polar surface area (TPSA) is 34.1 Å². The molecule has 2 nitrogen and oxygen atoms in total. The predicted octanol–water partition coefficient (Wildman–Crippen LogP) is 4.42. The van der Waals surface area contributed by atoms with Crippen LogP contribution in [0.2, 0.25) is 0 Å². The SMILES string of the molecule is CC1=CC(=O)C=C2C(C)C=C3[C@H](CC[C@]4(C)C(=O)CC[C@@H]34)[C@@]12C. The number of fused-ring (bicyclic) bond motifs is 5. The van der Waals surface area contributed by atoms with Crippen LogP contribution in [0.1, 0.15) is 53.4 Å². The van der Waals surface area contributed by atoms with E-state index in [0.29, 0.717) is 17.6 Å². The molecular weight excluding hydrogens is 284 g/mol. The summed E-state index contributed by atoms with van der Waals surface area (Å²) in [5.74, 6) is 1.76. The van der Waals surface area contributed by atoms with E-state index in [4.69, 9.17) is 0 Å². The molecule has 4 aliphatic carbocycles. The first-order valence-corrected chi connectivity index (χ1v) is 8.98. The van der Waals surface area contributed by atoms with Gasteiger partial charge in [0.05, 0.1) is 0 Å². The van der Waals surface area contributed by atoms with E-state index in [1.54, 1.807) is 0 Å². The minimum absolute atomic E-state index is 0.0373. The van der Waals surface area contributed by atoms with Gasteiger partial charge in [-0.3, -0.25) is 9.59 Å². The minimum Gasteiger partial charge on any atom is -0.299 e. The molecule has 2 saturated carbocycles. The highest BCUT2D eigenvalue weighted by Crippen LogP contribution is 2.63. The normalized spacial score (nSPS) is 45.6. The molecule has 0 saturated heterocycles. The van der Waals surface area contributed by atoms with Crippen molar-refractivity contribution in [2.24, 2.45) is 28.6 Å². The number of hydrogen-bond donors (Lipinski definition) is 0. The Balaban J connectivity index is 1.87. The highest BCUT2D eigenvalue weighted by molar-refractivity contribution is 6.02. The zero-order chi connectivity index (χ0) is 16.6. The quantitative estimate of drug-likeness (QED) is 0.621. The molecule has 0 heterocycles. The molecule has 0 radical (unpaired) electrons. The van der Waals surface area contributed by atoms with Crippen molar-refractivity contribution in [1.82, 2.24) is 0 Å². The first kappa shape index (κ1) is 15.1. The van der Waals surface area contributed by atoms with Gasteiger partial charge in [0, 0.05) is 17.3 Å². The summed E-state index contributed by atoms with van der Waals surface area (Å²) in [5.41, 5.74) is 3.82. The lowest BCUT2D eigenvalue weighted by Crippen LogP contribution is -2.47. The summed E-state index contributed by atoms with van der Waals surface area (Å²) in [7, 11) is 0. The molecule has 23 heavy (non-hydrogen) atoms. The highest BCUT2D eigenvalue weighted by Gasteiger charge is 2.57. The molecular formula is C21H26O2. The van der Waals surface area contributed by atoms with E-state index in [2.05, 4.69) is 33.8 Å². The third kappa shape index (κ3) is 1.75. The van der Waals surface area contributed by atoms with Gasteiger partial charge < -0.3 is 0 Å². The van der Waals surface area contributed by atoms with Gasteiger partial charge in [0.2, 0.25) is 0 Å². The van der Waals surface area contributed by atoms with E-state index in [1.165, 1.54) is 16.7 Å². The average molecular weight is 310 g/mol. The van der Waals surface area contributed by atoms with Gasteiger partial charge in [0.1, 0.15) is 5.78 Å². The second-order valence-electron chi connectivity index (χ2n) is 8.51. The van der Waals surface area contributed by atoms with Crippen molar-refractivity contribution in [2.45, 2.75) is 53.4 Å². The third-order valence-electron chi connectivity index (χ3n) is 7.53. The number of allylic oxidation sites excluding steroid dienone is 6. The number of carbonyl (C=O) groups is 2. The van der Waals surface area contributed by atoms with Crippen molar-refractivity contribution >= 4 is 11.6 Å². The summed E-state index contributed by atoms with van der Waals surface area (Å²) in [5, 5.41) is 0. The van der Waals surface area contributed by atoms with Crippen molar-refractivity contribution in [3.8, 4) is 0 Å². The number of Topliss-reactive ketones (excluding diaryl/α,β-unsaturated/α-hetero) is 1. The van der Waals surface area contributed by atoms with Crippen LogP contribution in [0.25, 0.3) is 0 Å². The second-order valence-corrected chi connectivity index (χ2v) is 8.51. The molecule has 0 aromatic rings. The number of carbonyl (C=O) groups excluding carboxylic acids is 2. The maximum atomic E-state index is 12.5. The van der Waals surface area contributed by atoms with Crippen LogP contribution in [-0.2, 0) is 9.59 Å². The van der Waals surface area contributed by atoms with E-state index in [0.717, 1.165) is 25.7 Å². The molecule has 0 aliphatic heterocycles. The van der Waals surface area contributed by atoms with Crippen LogP contribution < -0.4 is 0 Å². The molecule has 5 atom stereocenters. The van der Waals surface area contributed by atoms with Crippen LogP contribution in [0.5, 0.6) is 0 Å². The first-order chi connectivity index (χ1) is 10.8. The van der Waals surface area contributed by atoms with Gasteiger partial charge >= 0.3 is 0 Å². The van der Waals surface area contributed by atoms with Gasteiger partial charge in [-0.15, -0.1) is 0 Å². The highest BCUT2D eigenvalue weighted by atomic mass is 16.1. The predicted molar refractivity (Wildman–Crippen MR) is 90.8 cm³/mol. The van der Waals surface area contributed by atoms with Gasteiger partial charge in [-0.1, -0.05) is 38.0 Å². The Morgan fingerprint density at radius 2 is 1.83 bits per heavy atom. The fourth-order valence-electron chi connectivity index (χ4n) is 6.02. The summed E-state index contributed by atoms with van der Waals surface area (Å²) in [6.45, 7) is 8.84. The number of hydrogen-bond acceptors (Lipinski definition) is 2. The number of ketones is 2. The maximum Gasteiger partial charge on any atom is 0.178 e. The Labute approximate surface area is 138 Å². The van der Waals surface area contributed by atoms with Gasteiger partial charge in [-0.25, -0.2) is 0 Å². The number of rotatable bonds is 0. The molecule has 4 rings (SSSR count). The van der Waals surface area contributed by atoms with Crippen molar-refractivity contribution in [3.05, 3.63) is 34.9 Å². The van der Waals surface area contributed by atoms with Gasteiger partial charge in [-0.2, -0.15) is 0 Å². The Morgan fingerprint density at radius 3 is 2.57 bits per heavy atom. The molecule has 2 fully saturated rings. The molecule has 1 unspecified atom stereocenters. The Morgan fingerprint density at radius 1 is 1.09 bits per heavy atom. The zero-order valence-electron chi connectivity index (χ0n) is 14.6. The van der Waals surface area contributed by atoms with E-state index in [1.807, 2.05) is 12.2 Å². The van der Waals surface area contributed by atoms with Crippen LogP contribution in [0.3, 0.4) is 0 Å². The van der Waals surface area contributed by atoms with Crippen LogP contribution >= 0.6 is 0 Å². The van der Waals surface area contributed by atoms with E-state index in [-0.39, 0.29) is 22.5 Å². The lowest BCUT2D eigenvalue weighted by Gasteiger charge is -2.54. The average Bonchev–Trinajstić information content (AvgIpc) is 2.78. The monoisotopic (exact) mass is 310 g/mol. The Kier molecular flexibility index (Phi) is 2.99. The van der Waals surface area contributed by atoms with Crippen LogP contribution in [0, 0.1) is 28.6 Å². The second kappa shape index (κ2) is 4.55. The fraction of sp³-hybridized carbons (Fsp3) is 0.619. The van der Waals surface area contributed by atoms with E-state index >= 15 is 0 Å². The smallest absolute Gasteiger partial charge is 0.178 e. The molecule has 0 aromatic carbocycles. The molecule has 2 heteroatoms. The summed E-state index contributed by atoms with van der Waals surface area (Å²) in [6.07, 6.45) is 9.91. The van der Waals surface area contributed by atoms with Crippen LogP contribution in [0.4, 0.5) is 0 Å². The van der Waals surface area contributed by atoms with E-state index in [9.17, 15) is 9.59 Å². The summed E-state index contributed by atoms with van der Waals surface area (Å²) < 4.78 is 0. The summed E-state index contributed by atoms with van der Waals surface area (Å²) in [6, 6.07) is 0. The first-order valence-electron chi connectivity index (χ1n) is 8.98. The lowest BCUT2D eigenvalue weighted by atomic mass is 9.49. The third-order valence-corrected chi connectivity index (χ3v) is 7.53. The summed E-state index contributed by atoms with van der Waals surface area (Å²) in [4.78, 5) is 24.5. The largest absolute Gasteiger partial charge is 0.299 e.